The molecule has 0 fully saturated rings. The molecule has 7 heteroatoms. The molecular formula is C19H16BrN3O3. The lowest BCUT2D eigenvalue weighted by Crippen LogP contribution is -2.34. The van der Waals surface area contributed by atoms with Crippen LogP contribution in [0.3, 0.4) is 0 Å². The summed E-state index contributed by atoms with van der Waals surface area (Å²) in [5.74, 6) is 2.14. The van der Waals surface area contributed by atoms with E-state index >= 15 is 0 Å². The van der Waals surface area contributed by atoms with Crippen molar-refractivity contribution in [2.75, 3.05) is 13.2 Å². The lowest BCUT2D eigenvalue weighted by atomic mass is 10.2. The molecule has 0 aliphatic heterocycles. The summed E-state index contributed by atoms with van der Waals surface area (Å²) in [6, 6.07) is 14.0. The van der Waals surface area contributed by atoms with Gasteiger partial charge in [0.1, 0.15) is 12.4 Å². The molecule has 2 N–H and O–H groups in total. The van der Waals surface area contributed by atoms with Crippen LogP contribution in [-0.2, 0) is 4.79 Å². The average Bonchev–Trinajstić information content (AvgIpc) is 2.66. The molecule has 6 nitrogen and oxygen atoms in total. The summed E-state index contributed by atoms with van der Waals surface area (Å²) >= 11 is 3.36. The smallest absolute Gasteiger partial charge is 0.259 e. The summed E-state index contributed by atoms with van der Waals surface area (Å²) in [6.45, 7) is -0.0651. The molecule has 0 aromatic heterocycles. The van der Waals surface area contributed by atoms with Crippen LogP contribution in [0.1, 0.15) is 15.9 Å². The van der Waals surface area contributed by atoms with E-state index in [1.54, 1.807) is 42.5 Å². The molecule has 2 aromatic carbocycles. The first-order chi connectivity index (χ1) is 12.6. The number of hydrogen-bond donors (Lipinski definition) is 2. The zero-order chi connectivity index (χ0) is 18.8. The topological polar surface area (TPSA) is 79.8 Å². The first-order valence-corrected chi connectivity index (χ1v) is 8.40. The Kier molecular flexibility index (Phi) is 7.40. The van der Waals surface area contributed by atoms with Crippen molar-refractivity contribution in [3.05, 3.63) is 64.1 Å². The molecule has 2 rings (SSSR count). The van der Waals surface area contributed by atoms with Gasteiger partial charge in [0.15, 0.2) is 0 Å². The summed E-state index contributed by atoms with van der Waals surface area (Å²) in [5, 5.41) is 6.39. The zero-order valence-electron chi connectivity index (χ0n) is 13.7. The SMILES string of the molecule is C#CCOc1ccc(Br)cc1/C=N\NC(=O)CNC(=O)c1ccccc1. The number of ether oxygens (including phenoxy) is 1. The molecule has 2 amide bonds. The van der Waals surface area contributed by atoms with Crippen LogP contribution in [0.15, 0.2) is 58.1 Å². The predicted molar refractivity (Wildman–Crippen MR) is 103 cm³/mol. The molecule has 0 atom stereocenters. The number of nitrogens with one attached hydrogen (secondary N) is 2. The Morgan fingerprint density at radius 3 is 2.73 bits per heavy atom. The molecule has 0 saturated heterocycles. The largest absolute Gasteiger partial charge is 0.480 e. The second-order valence-corrected chi connectivity index (χ2v) is 5.93. The Morgan fingerprint density at radius 2 is 2.00 bits per heavy atom. The van der Waals surface area contributed by atoms with Gasteiger partial charge in [-0.05, 0) is 30.3 Å². The highest BCUT2D eigenvalue weighted by molar-refractivity contribution is 9.10. The third-order valence-corrected chi connectivity index (χ3v) is 3.61. The lowest BCUT2D eigenvalue weighted by molar-refractivity contribution is -0.120. The van der Waals surface area contributed by atoms with Gasteiger partial charge in [-0.25, -0.2) is 5.43 Å². The summed E-state index contributed by atoms with van der Waals surface area (Å²) in [5.41, 5.74) is 3.47. The van der Waals surface area contributed by atoms with Gasteiger partial charge in [0.2, 0.25) is 0 Å². The first kappa shape index (κ1) is 19.2. The van der Waals surface area contributed by atoms with Crippen LogP contribution in [0.4, 0.5) is 0 Å². The second kappa shape index (κ2) is 10.0. The van der Waals surface area contributed by atoms with Gasteiger partial charge in [-0.1, -0.05) is 40.0 Å². The molecule has 0 aliphatic rings. The maximum Gasteiger partial charge on any atom is 0.259 e. The van der Waals surface area contributed by atoms with Crippen molar-refractivity contribution in [2.24, 2.45) is 5.10 Å². The molecule has 0 bridgehead atoms. The van der Waals surface area contributed by atoms with Crippen LogP contribution in [0.5, 0.6) is 5.75 Å². The number of terminal acetylenes is 1. The third kappa shape index (κ3) is 6.07. The first-order valence-electron chi connectivity index (χ1n) is 7.61. The number of benzene rings is 2. The Morgan fingerprint density at radius 1 is 1.23 bits per heavy atom. The molecule has 0 aliphatic carbocycles. The maximum absolute atomic E-state index is 11.9. The number of amides is 2. The molecule has 0 radical (unpaired) electrons. The van der Waals surface area contributed by atoms with Crippen molar-refractivity contribution in [1.29, 1.82) is 0 Å². The number of hydrazone groups is 1. The molecule has 26 heavy (non-hydrogen) atoms. The zero-order valence-corrected chi connectivity index (χ0v) is 15.3. The van der Waals surface area contributed by atoms with Gasteiger partial charge in [0, 0.05) is 15.6 Å². The van der Waals surface area contributed by atoms with Crippen LogP contribution in [-0.4, -0.2) is 31.2 Å². The van der Waals surface area contributed by atoms with E-state index in [2.05, 4.69) is 37.7 Å². The number of nitrogens with zero attached hydrogens (tertiary/aromatic N) is 1. The van der Waals surface area contributed by atoms with E-state index in [1.165, 1.54) is 6.21 Å². The standard InChI is InChI=1S/C19H16BrN3O3/c1-2-10-26-17-9-8-16(20)11-15(17)12-22-23-18(24)13-21-19(25)14-6-4-3-5-7-14/h1,3-9,11-12H,10,13H2,(H,21,25)(H,23,24)/b22-12-. The van der Waals surface area contributed by atoms with Crippen LogP contribution in [0.25, 0.3) is 0 Å². The van der Waals surface area contributed by atoms with Gasteiger partial charge >= 0.3 is 0 Å². The minimum atomic E-state index is -0.452. The quantitative estimate of drug-likeness (QED) is 0.415. The van der Waals surface area contributed by atoms with E-state index in [1.807, 2.05) is 6.07 Å². The monoisotopic (exact) mass is 413 g/mol. The fourth-order valence-electron chi connectivity index (χ4n) is 1.94. The third-order valence-electron chi connectivity index (χ3n) is 3.12. The normalized spacial score (nSPS) is 10.2. The molecule has 132 valence electrons. The summed E-state index contributed by atoms with van der Waals surface area (Å²) in [6.07, 6.45) is 6.62. The average molecular weight is 414 g/mol. The van der Waals surface area contributed by atoms with Gasteiger partial charge in [-0.2, -0.15) is 5.10 Å². The van der Waals surface area contributed by atoms with E-state index in [4.69, 9.17) is 11.2 Å². The summed E-state index contributed by atoms with van der Waals surface area (Å²) < 4.78 is 6.24. The lowest BCUT2D eigenvalue weighted by Gasteiger charge is -2.07. The Labute approximate surface area is 159 Å². The van der Waals surface area contributed by atoms with Gasteiger partial charge < -0.3 is 10.1 Å². The van der Waals surface area contributed by atoms with Crippen molar-refractivity contribution in [1.82, 2.24) is 10.7 Å². The molecule has 2 aromatic rings. The maximum atomic E-state index is 11.9. The molecule has 0 heterocycles. The van der Waals surface area contributed by atoms with Crippen molar-refractivity contribution in [3.63, 3.8) is 0 Å². The van der Waals surface area contributed by atoms with Gasteiger partial charge in [0.25, 0.3) is 11.8 Å². The fraction of sp³-hybridized carbons (Fsp3) is 0.105. The van der Waals surface area contributed by atoms with E-state index in [0.29, 0.717) is 16.9 Å². The van der Waals surface area contributed by atoms with Crippen molar-refractivity contribution < 1.29 is 14.3 Å². The van der Waals surface area contributed by atoms with E-state index in [0.717, 1.165) is 4.47 Å². The number of halogens is 1. The number of rotatable bonds is 7. The highest BCUT2D eigenvalue weighted by Gasteiger charge is 2.07. The van der Waals surface area contributed by atoms with Gasteiger partial charge in [0.05, 0.1) is 12.8 Å². The van der Waals surface area contributed by atoms with Crippen LogP contribution in [0, 0.1) is 12.3 Å². The number of hydrogen-bond acceptors (Lipinski definition) is 4. The summed E-state index contributed by atoms with van der Waals surface area (Å²) in [7, 11) is 0. The molecule has 0 unspecified atom stereocenters. The van der Waals surface area contributed by atoms with Gasteiger partial charge in [-0.3, -0.25) is 9.59 Å². The minimum Gasteiger partial charge on any atom is -0.480 e. The second-order valence-electron chi connectivity index (χ2n) is 5.02. The van der Waals surface area contributed by atoms with E-state index in [-0.39, 0.29) is 19.1 Å². The van der Waals surface area contributed by atoms with Crippen LogP contribution in [0.2, 0.25) is 0 Å². The fourth-order valence-corrected chi connectivity index (χ4v) is 2.32. The van der Waals surface area contributed by atoms with Gasteiger partial charge in [-0.15, -0.1) is 6.42 Å². The molecule has 0 spiro atoms. The molecule has 0 saturated carbocycles. The number of carbonyl (C=O) groups is 2. The minimum absolute atomic E-state index is 0.125. The van der Waals surface area contributed by atoms with Crippen molar-refractivity contribution in [3.8, 4) is 18.1 Å². The van der Waals surface area contributed by atoms with Crippen molar-refractivity contribution >= 4 is 34.0 Å². The highest BCUT2D eigenvalue weighted by atomic mass is 79.9. The van der Waals surface area contributed by atoms with E-state index < -0.39 is 5.91 Å². The summed E-state index contributed by atoms with van der Waals surface area (Å²) in [4.78, 5) is 23.6. The Hall–Kier alpha value is -3.11. The predicted octanol–water partition coefficient (Wildman–Crippen LogP) is 2.34. The Balaban J connectivity index is 1.88. The van der Waals surface area contributed by atoms with Crippen molar-refractivity contribution in [2.45, 2.75) is 0 Å². The molecular weight excluding hydrogens is 398 g/mol. The number of carbonyl (C=O) groups excluding carboxylic acids is 2. The van der Waals surface area contributed by atoms with Crippen LogP contribution < -0.4 is 15.5 Å². The van der Waals surface area contributed by atoms with E-state index in [9.17, 15) is 9.59 Å². The van der Waals surface area contributed by atoms with Crippen LogP contribution >= 0.6 is 15.9 Å². The highest BCUT2D eigenvalue weighted by Crippen LogP contribution is 2.21. The Bertz CT molecular complexity index is 845.